The maximum atomic E-state index is 13.7. The van der Waals surface area contributed by atoms with Gasteiger partial charge in [0.1, 0.15) is 6.54 Å². The summed E-state index contributed by atoms with van der Waals surface area (Å²) in [6.07, 6.45) is 7.40. The molecule has 0 radical (unpaired) electrons. The zero-order chi connectivity index (χ0) is 31.5. The van der Waals surface area contributed by atoms with E-state index in [0.717, 1.165) is 68.0 Å². The third-order valence-corrected chi connectivity index (χ3v) is 8.91. The van der Waals surface area contributed by atoms with Crippen molar-refractivity contribution in [3.8, 4) is 0 Å². The highest BCUT2D eigenvalue weighted by Gasteiger charge is 2.29. The van der Waals surface area contributed by atoms with Gasteiger partial charge in [-0.2, -0.15) is 0 Å². The Balaban J connectivity index is 1.34. The van der Waals surface area contributed by atoms with Crippen molar-refractivity contribution in [1.82, 2.24) is 9.88 Å². The lowest BCUT2D eigenvalue weighted by molar-refractivity contribution is -0.140. The van der Waals surface area contributed by atoms with Crippen molar-refractivity contribution in [1.29, 1.82) is 0 Å². The number of esters is 1. The zero-order valence-electron chi connectivity index (χ0n) is 26.5. The molecule has 236 valence electrons. The summed E-state index contributed by atoms with van der Waals surface area (Å²) < 4.78 is 6.54. The Labute approximate surface area is 261 Å². The van der Waals surface area contributed by atoms with Gasteiger partial charge in [-0.15, -0.1) is 0 Å². The molecule has 0 spiro atoms. The number of para-hydroxylation sites is 1. The molecule has 0 unspecified atom stereocenters. The predicted molar refractivity (Wildman–Crippen MR) is 174 cm³/mol. The number of unbranched alkanes of at least 4 members (excludes halogenated alkanes) is 2. The molecule has 2 aromatic carbocycles. The van der Waals surface area contributed by atoms with Gasteiger partial charge in [0.25, 0.3) is 0 Å². The number of aryl methyl sites for hydroxylation is 1. The maximum absolute atomic E-state index is 13.7. The van der Waals surface area contributed by atoms with Crippen LogP contribution >= 0.6 is 0 Å². The van der Waals surface area contributed by atoms with Gasteiger partial charge in [-0.05, 0) is 87.6 Å². The van der Waals surface area contributed by atoms with E-state index in [0.29, 0.717) is 31.6 Å². The second kappa shape index (κ2) is 16.2. The van der Waals surface area contributed by atoms with Crippen LogP contribution in [0.4, 0.5) is 5.69 Å². The number of carbonyl (C=O) groups excluding carboxylic acids is 4. The number of aromatic nitrogens is 1. The Bertz CT molecular complexity index is 1440. The van der Waals surface area contributed by atoms with E-state index < -0.39 is 0 Å². The van der Waals surface area contributed by atoms with E-state index >= 15 is 0 Å². The minimum atomic E-state index is -0.198. The van der Waals surface area contributed by atoms with E-state index in [2.05, 4.69) is 29.1 Å². The van der Waals surface area contributed by atoms with Crippen LogP contribution < -0.4 is 10.2 Å². The maximum Gasteiger partial charge on any atom is 0.305 e. The lowest BCUT2D eigenvalue weighted by Gasteiger charge is -2.27. The van der Waals surface area contributed by atoms with Crippen LogP contribution in [0, 0.1) is 11.8 Å². The van der Waals surface area contributed by atoms with Crippen molar-refractivity contribution in [2.75, 3.05) is 25.1 Å². The van der Waals surface area contributed by atoms with Crippen molar-refractivity contribution >= 4 is 40.2 Å². The van der Waals surface area contributed by atoms with Gasteiger partial charge < -0.3 is 19.5 Å². The second-order valence-corrected chi connectivity index (χ2v) is 11.9. The highest BCUT2D eigenvalue weighted by atomic mass is 16.5. The first-order valence-electron chi connectivity index (χ1n) is 16.2. The van der Waals surface area contributed by atoms with Crippen LogP contribution in [0.3, 0.4) is 0 Å². The molecule has 44 heavy (non-hydrogen) atoms. The third kappa shape index (κ3) is 8.58. The minimum absolute atomic E-state index is 0.0215. The SMILES string of the molecule is CCc1cccc(N(CC)C(=O)Cn2c(C(=O)CC3CCC(C(=O)NCCCCCC(=O)OC)CC3)cc3ccccc32)c1. The molecule has 1 aromatic heterocycles. The Hall–Kier alpha value is -3.94. The molecule has 4 rings (SSSR count). The number of nitrogens with one attached hydrogen (secondary N) is 1. The summed E-state index contributed by atoms with van der Waals surface area (Å²) in [5.74, 6) is 0.0842. The smallest absolute Gasteiger partial charge is 0.305 e. The molecule has 1 heterocycles. The number of fused-ring (bicyclic) bond motifs is 1. The van der Waals surface area contributed by atoms with E-state index in [-0.39, 0.29) is 41.9 Å². The molecular weight excluding hydrogens is 554 g/mol. The summed E-state index contributed by atoms with van der Waals surface area (Å²) in [6.45, 7) is 5.32. The van der Waals surface area contributed by atoms with Crippen molar-refractivity contribution in [3.05, 3.63) is 65.9 Å². The van der Waals surface area contributed by atoms with Crippen LogP contribution in [-0.4, -0.2) is 48.3 Å². The molecule has 8 heteroatoms. The molecule has 1 aliphatic carbocycles. The van der Waals surface area contributed by atoms with Crippen LogP contribution in [0.5, 0.6) is 0 Å². The van der Waals surface area contributed by atoms with Gasteiger partial charge in [-0.3, -0.25) is 19.2 Å². The average molecular weight is 602 g/mol. The number of anilines is 1. The highest BCUT2D eigenvalue weighted by molar-refractivity contribution is 6.02. The minimum Gasteiger partial charge on any atom is -0.469 e. The number of carbonyl (C=O) groups is 4. The number of hydrogen-bond acceptors (Lipinski definition) is 5. The summed E-state index contributed by atoms with van der Waals surface area (Å²) in [4.78, 5) is 53.1. The quantitative estimate of drug-likeness (QED) is 0.122. The standard InChI is InChI=1S/C36H47N3O5/c1-4-26-12-11-14-30(22-26)38(5-2)34(41)25-39-31-15-9-8-13-29(31)24-32(39)33(40)23-27-17-19-28(20-18-27)36(43)37-21-10-6-7-16-35(42)44-3/h8-9,11-15,22,24,27-28H,4-7,10,16-21,23,25H2,1-3H3,(H,37,43). The van der Waals surface area contributed by atoms with E-state index in [1.807, 2.05) is 54.0 Å². The third-order valence-electron chi connectivity index (χ3n) is 8.91. The first-order valence-corrected chi connectivity index (χ1v) is 16.2. The number of hydrogen-bond donors (Lipinski definition) is 1. The Morgan fingerprint density at radius 2 is 1.70 bits per heavy atom. The fourth-order valence-electron chi connectivity index (χ4n) is 6.30. The summed E-state index contributed by atoms with van der Waals surface area (Å²) in [5, 5.41) is 4.00. The predicted octanol–water partition coefficient (Wildman–Crippen LogP) is 6.49. The van der Waals surface area contributed by atoms with Gasteiger partial charge >= 0.3 is 5.97 Å². The molecule has 8 nitrogen and oxygen atoms in total. The molecule has 0 aliphatic heterocycles. The number of ketones is 1. The van der Waals surface area contributed by atoms with Crippen LogP contribution in [0.25, 0.3) is 10.9 Å². The lowest BCUT2D eigenvalue weighted by atomic mass is 9.79. The monoisotopic (exact) mass is 601 g/mol. The van der Waals surface area contributed by atoms with E-state index in [4.69, 9.17) is 0 Å². The molecule has 0 saturated heterocycles. The first kappa shape index (κ1) is 33.0. The van der Waals surface area contributed by atoms with Crippen molar-refractivity contribution < 1.29 is 23.9 Å². The largest absolute Gasteiger partial charge is 0.469 e. The zero-order valence-corrected chi connectivity index (χ0v) is 26.5. The Morgan fingerprint density at radius 1 is 0.932 bits per heavy atom. The van der Waals surface area contributed by atoms with Crippen molar-refractivity contribution in [3.63, 3.8) is 0 Å². The molecule has 1 aliphatic rings. The van der Waals surface area contributed by atoms with Gasteiger partial charge in [0.05, 0.1) is 12.8 Å². The fraction of sp³-hybridized carbons (Fsp3) is 0.500. The number of methoxy groups -OCH3 is 1. The number of likely N-dealkylation sites (N-methyl/N-ethyl adjacent to an activating group) is 1. The van der Waals surface area contributed by atoms with Gasteiger partial charge in [-0.25, -0.2) is 0 Å². The van der Waals surface area contributed by atoms with Crippen LogP contribution in [-0.2, 0) is 32.1 Å². The molecule has 0 atom stereocenters. The van der Waals surface area contributed by atoms with Crippen LogP contribution in [0.1, 0.15) is 87.7 Å². The number of Topliss-reactive ketones (excluding diaryl/α,β-unsaturated/α-hetero) is 1. The van der Waals surface area contributed by atoms with Gasteiger partial charge in [0.2, 0.25) is 11.8 Å². The summed E-state index contributed by atoms with van der Waals surface area (Å²) in [7, 11) is 1.39. The Morgan fingerprint density at radius 3 is 2.43 bits per heavy atom. The number of benzene rings is 2. The van der Waals surface area contributed by atoms with E-state index in [1.165, 1.54) is 12.7 Å². The van der Waals surface area contributed by atoms with Gasteiger partial charge in [0, 0.05) is 48.4 Å². The summed E-state index contributed by atoms with van der Waals surface area (Å²) in [6, 6.07) is 17.8. The van der Waals surface area contributed by atoms with Crippen LogP contribution in [0.2, 0.25) is 0 Å². The average Bonchev–Trinajstić information content (AvgIpc) is 3.41. The van der Waals surface area contributed by atoms with E-state index in [9.17, 15) is 19.2 Å². The molecule has 2 amide bonds. The molecule has 1 saturated carbocycles. The fourth-order valence-corrected chi connectivity index (χ4v) is 6.30. The van der Waals surface area contributed by atoms with E-state index in [1.54, 1.807) is 4.90 Å². The lowest BCUT2D eigenvalue weighted by Crippen LogP contribution is -2.35. The molecule has 0 bridgehead atoms. The number of rotatable bonds is 15. The normalized spacial score (nSPS) is 16.4. The van der Waals surface area contributed by atoms with Gasteiger partial charge in [0.15, 0.2) is 5.78 Å². The van der Waals surface area contributed by atoms with Crippen molar-refractivity contribution in [2.24, 2.45) is 11.8 Å². The topological polar surface area (TPSA) is 97.7 Å². The summed E-state index contributed by atoms with van der Waals surface area (Å²) in [5.41, 5.74) is 3.51. The Kier molecular flexibility index (Phi) is 12.2. The first-order chi connectivity index (χ1) is 21.3. The van der Waals surface area contributed by atoms with Gasteiger partial charge in [-0.1, -0.05) is 43.7 Å². The molecular formula is C36H47N3O5. The van der Waals surface area contributed by atoms with Crippen LogP contribution in [0.15, 0.2) is 54.6 Å². The second-order valence-electron chi connectivity index (χ2n) is 11.9. The highest BCUT2D eigenvalue weighted by Crippen LogP contribution is 2.33. The number of ether oxygens (including phenoxy) is 1. The molecule has 3 aromatic rings. The number of amides is 2. The number of nitrogens with zero attached hydrogens (tertiary/aromatic N) is 2. The van der Waals surface area contributed by atoms with Crippen molar-refractivity contribution in [2.45, 2.75) is 84.6 Å². The molecule has 1 fully saturated rings. The summed E-state index contributed by atoms with van der Waals surface area (Å²) >= 11 is 0. The molecule has 1 N–H and O–H groups in total.